The summed E-state index contributed by atoms with van der Waals surface area (Å²) in [5, 5.41) is 0. The average Bonchev–Trinajstić information content (AvgIpc) is 2.84. The lowest BCUT2D eigenvalue weighted by molar-refractivity contribution is -0.126. The first-order valence-corrected chi connectivity index (χ1v) is 5.15. The minimum absolute atomic E-state index is 0.375. The van der Waals surface area contributed by atoms with Gasteiger partial charge in [0.1, 0.15) is 0 Å². The first-order valence-electron chi connectivity index (χ1n) is 5.15. The molecule has 0 saturated carbocycles. The van der Waals surface area contributed by atoms with Gasteiger partial charge in [-0.15, -0.1) is 0 Å². The van der Waals surface area contributed by atoms with Crippen LogP contribution in [0.25, 0.3) is 0 Å². The summed E-state index contributed by atoms with van der Waals surface area (Å²) in [6.45, 7) is 2.86. The maximum atomic E-state index is 8.95. The Labute approximate surface area is 90.7 Å². The van der Waals surface area contributed by atoms with Crippen molar-refractivity contribution in [3.63, 3.8) is 0 Å². The van der Waals surface area contributed by atoms with Crippen LogP contribution in [-0.2, 0) is 9.53 Å². The van der Waals surface area contributed by atoms with Gasteiger partial charge in [0.2, 0.25) is 0 Å². The molecule has 1 fully saturated rings. The summed E-state index contributed by atoms with van der Waals surface area (Å²) in [6.07, 6.45) is 2.71. The van der Waals surface area contributed by atoms with Gasteiger partial charge in [0, 0.05) is 18.8 Å². The van der Waals surface area contributed by atoms with Gasteiger partial charge in [-0.05, 0) is 25.0 Å². The van der Waals surface area contributed by atoms with Gasteiger partial charge in [0.25, 0.3) is 6.47 Å². The largest absolute Gasteiger partial charge is 0.471 e. The second kappa shape index (κ2) is 6.87. The third-order valence-electron chi connectivity index (χ3n) is 2.32. The van der Waals surface area contributed by atoms with Crippen molar-refractivity contribution < 1.29 is 9.53 Å². The molecule has 1 aliphatic heterocycles. The number of para-hydroxylation sites is 1. The molecule has 82 valence electrons. The van der Waals surface area contributed by atoms with Crippen molar-refractivity contribution in [1.82, 2.24) is 0 Å². The van der Waals surface area contributed by atoms with Crippen molar-refractivity contribution in [1.29, 1.82) is 0 Å². The summed E-state index contributed by atoms with van der Waals surface area (Å²) >= 11 is 0. The van der Waals surface area contributed by atoms with E-state index in [1.165, 1.54) is 38.7 Å². The second-order valence-corrected chi connectivity index (χ2v) is 3.36. The summed E-state index contributed by atoms with van der Waals surface area (Å²) in [6, 6.07) is 10.7. The minimum atomic E-state index is 0.375. The zero-order chi connectivity index (χ0) is 10.9. The molecule has 1 aromatic carbocycles. The van der Waals surface area contributed by atoms with E-state index in [0.717, 1.165) is 0 Å². The standard InChI is InChI=1S/C10H13N.C2H4O2/c1-2-6-10(7-3-1)11-8-4-5-9-11;1-4-2-3/h1-3,6-7H,4-5,8-9H2;2H,1H3. The van der Waals surface area contributed by atoms with E-state index in [2.05, 4.69) is 40.0 Å². The van der Waals surface area contributed by atoms with E-state index in [1.54, 1.807) is 0 Å². The first-order chi connectivity index (χ1) is 7.38. The van der Waals surface area contributed by atoms with Crippen LogP contribution in [0.2, 0.25) is 0 Å². The Hall–Kier alpha value is -1.51. The van der Waals surface area contributed by atoms with Crippen LogP contribution in [0.5, 0.6) is 0 Å². The van der Waals surface area contributed by atoms with Gasteiger partial charge in [0.05, 0.1) is 7.11 Å². The van der Waals surface area contributed by atoms with Gasteiger partial charge >= 0.3 is 0 Å². The highest BCUT2D eigenvalue weighted by Crippen LogP contribution is 2.18. The molecule has 1 aliphatic rings. The number of methoxy groups -OCH3 is 1. The number of anilines is 1. The topological polar surface area (TPSA) is 29.5 Å². The molecule has 0 unspecified atom stereocenters. The summed E-state index contributed by atoms with van der Waals surface area (Å²) in [5.41, 5.74) is 1.38. The van der Waals surface area contributed by atoms with Crippen LogP contribution in [0.1, 0.15) is 12.8 Å². The number of hydrogen-bond donors (Lipinski definition) is 0. The van der Waals surface area contributed by atoms with E-state index in [4.69, 9.17) is 4.79 Å². The van der Waals surface area contributed by atoms with Crippen LogP contribution in [0.3, 0.4) is 0 Å². The molecule has 0 spiro atoms. The molecule has 15 heavy (non-hydrogen) atoms. The Bertz CT molecular complexity index is 268. The molecular weight excluding hydrogens is 190 g/mol. The normalized spacial score (nSPS) is 14.1. The van der Waals surface area contributed by atoms with E-state index in [9.17, 15) is 0 Å². The van der Waals surface area contributed by atoms with Crippen molar-refractivity contribution in [2.24, 2.45) is 0 Å². The SMILES string of the molecule is COC=O.c1ccc(N2CCCC2)cc1. The number of rotatable bonds is 2. The van der Waals surface area contributed by atoms with Gasteiger partial charge in [-0.3, -0.25) is 4.79 Å². The molecule has 0 aliphatic carbocycles. The highest BCUT2D eigenvalue weighted by molar-refractivity contribution is 5.46. The average molecular weight is 207 g/mol. The third-order valence-corrected chi connectivity index (χ3v) is 2.32. The molecule has 3 nitrogen and oxygen atoms in total. The lowest BCUT2D eigenvalue weighted by Crippen LogP contribution is -2.16. The molecule has 0 N–H and O–H groups in total. The molecule has 0 atom stereocenters. The lowest BCUT2D eigenvalue weighted by Gasteiger charge is -2.16. The highest BCUT2D eigenvalue weighted by Gasteiger charge is 2.10. The van der Waals surface area contributed by atoms with Crippen LogP contribution < -0.4 is 4.90 Å². The number of carbonyl (C=O) groups excluding carboxylic acids is 1. The Morgan fingerprint density at radius 2 is 1.73 bits per heavy atom. The number of hydrogen-bond acceptors (Lipinski definition) is 3. The fourth-order valence-electron chi connectivity index (χ4n) is 1.61. The summed E-state index contributed by atoms with van der Waals surface area (Å²) < 4.78 is 3.86. The lowest BCUT2D eigenvalue weighted by atomic mass is 10.3. The molecule has 0 bridgehead atoms. The van der Waals surface area contributed by atoms with Gasteiger partial charge < -0.3 is 9.64 Å². The molecular formula is C12H17NO2. The maximum Gasteiger partial charge on any atom is 0.292 e. The third kappa shape index (κ3) is 4.02. The quantitative estimate of drug-likeness (QED) is 0.695. The number of carbonyl (C=O) groups is 1. The van der Waals surface area contributed by atoms with E-state index in [0.29, 0.717) is 6.47 Å². The summed E-state index contributed by atoms with van der Waals surface area (Å²) in [4.78, 5) is 11.4. The zero-order valence-electron chi connectivity index (χ0n) is 9.06. The number of benzene rings is 1. The Balaban J connectivity index is 0.000000245. The van der Waals surface area contributed by atoms with E-state index >= 15 is 0 Å². The summed E-state index contributed by atoms with van der Waals surface area (Å²) in [7, 11) is 1.31. The van der Waals surface area contributed by atoms with Crippen molar-refractivity contribution in [3.8, 4) is 0 Å². The molecule has 0 aromatic heterocycles. The first kappa shape index (κ1) is 11.6. The molecule has 0 amide bonds. The monoisotopic (exact) mass is 207 g/mol. The van der Waals surface area contributed by atoms with E-state index in [-0.39, 0.29) is 0 Å². The predicted octanol–water partition coefficient (Wildman–Crippen LogP) is 2.08. The molecule has 1 heterocycles. The van der Waals surface area contributed by atoms with Crippen molar-refractivity contribution >= 4 is 12.2 Å². The summed E-state index contributed by atoms with van der Waals surface area (Å²) in [5.74, 6) is 0. The van der Waals surface area contributed by atoms with Gasteiger partial charge in [-0.2, -0.15) is 0 Å². The van der Waals surface area contributed by atoms with Crippen LogP contribution in [0, 0.1) is 0 Å². The second-order valence-electron chi connectivity index (χ2n) is 3.36. The Morgan fingerprint density at radius 3 is 2.20 bits per heavy atom. The molecule has 3 heteroatoms. The molecule has 2 rings (SSSR count). The van der Waals surface area contributed by atoms with E-state index < -0.39 is 0 Å². The highest BCUT2D eigenvalue weighted by atomic mass is 16.5. The zero-order valence-corrected chi connectivity index (χ0v) is 9.06. The molecule has 1 saturated heterocycles. The van der Waals surface area contributed by atoms with Crippen molar-refractivity contribution in [3.05, 3.63) is 30.3 Å². The van der Waals surface area contributed by atoms with Gasteiger partial charge in [0.15, 0.2) is 0 Å². The van der Waals surface area contributed by atoms with Crippen molar-refractivity contribution in [2.75, 3.05) is 25.1 Å². The smallest absolute Gasteiger partial charge is 0.292 e. The molecule has 0 radical (unpaired) electrons. The fraction of sp³-hybridized carbons (Fsp3) is 0.417. The van der Waals surface area contributed by atoms with Crippen LogP contribution in [0.4, 0.5) is 5.69 Å². The van der Waals surface area contributed by atoms with Crippen LogP contribution >= 0.6 is 0 Å². The van der Waals surface area contributed by atoms with Crippen LogP contribution in [0.15, 0.2) is 30.3 Å². The predicted molar refractivity (Wildman–Crippen MR) is 61.0 cm³/mol. The van der Waals surface area contributed by atoms with Gasteiger partial charge in [-0.25, -0.2) is 0 Å². The Morgan fingerprint density at radius 1 is 1.20 bits per heavy atom. The Kier molecular flexibility index (Phi) is 5.30. The maximum absolute atomic E-state index is 8.95. The van der Waals surface area contributed by atoms with Gasteiger partial charge in [-0.1, -0.05) is 18.2 Å². The van der Waals surface area contributed by atoms with Crippen LogP contribution in [-0.4, -0.2) is 26.7 Å². The minimum Gasteiger partial charge on any atom is -0.471 e. The molecule has 1 aromatic rings. The van der Waals surface area contributed by atoms with E-state index in [1.807, 2.05) is 0 Å². The van der Waals surface area contributed by atoms with Crippen molar-refractivity contribution in [2.45, 2.75) is 12.8 Å². The number of nitrogens with zero attached hydrogens (tertiary/aromatic N) is 1. The fourth-order valence-corrected chi connectivity index (χ4v) is 1.61. The number of ether oxygens (including phenoxy) is 1.